The van der Waals surface area contributed by atoms with Crippen LogP contribution in [0, 0.1) is 0 Å². The van der Waals surface area contributed by atoms with Gasteiger partial charge in [-0.05, 0) is 31.2 Å². The van der Waals surface area contributed by atoms with E-state index in [9.17, 15) is 20.1 Å². The number of amides is 1. The molecule has 0 saturated carbocycles. The molecule has 1 unspecified atom stereocenters. The molecule has 4 N–H and O–H groups in total. The van der Waals surface area contributed by atoms with Crippen molar-refractivity contribution in [3.05, 3.63) is 53.6 Å². The molecule has 1 atom stereocenters. The number of carbonyl (C=O) groups is 1. The summed E-state index contributed by atoms with van der Waals surface area (Å²) >= 11 is 0. The molecule has 0 saturated heterocycles. The Morgan fingerprint density at radius 3 is 2.45 bits per heavy atom. The second-order valence-electron chi connectivity index (χ2n) is 4.42. The van der Waals surface area contributed by atoms with E-state index in [0.29, 0.717) is 11.3 Å². The van der Waals surface area contributed by atoms with E-state index < -0.39 is 12.0 Å². The van der Waals surface area contributed by atoms with Crippen molar-refractivity contribution in [2.75, 3.05) is 5.32 Å². The van der Waals surface area contributed by atoms with Crippen molar-refractivity contribution in [1.29, 1.82) is 0 Å². The first-order valence-electron chi connectivity index (χ1n) is 6.09. The van der Waals surface area contributed by atoms with Crippen LogP contribution in [-0.2, 0) is 0 Å². The second-order valence-corrected chi connectivity index (χ2v) is 4.42. The molecule has 2 rings (SSSR count). The minimum absolute atomic E-state index is 0.209. The van der Waals surface area contributed by atoms with Gasteiger partial charge in [-0.3, -0.25) is 4.79 Å². The zero-order chi connectivity index (χ0) is 14.7. The third kappa shape index (κ3) is 2.89. The lowest BCUT2D eigenvalue weighted by Crippen LogP contribution is -2.13. The predicted molar refractivity (Wildman–Crippen MR) is 74.8 cm³/mol. The molecule has 5 nitrogen and oxygen atoms in total. The van der Waals surface area contributed by atoms with Gasteiger partial charge >= 0.3 is 0 Å². The topological polar surface area (TPSA) is 89.8 Å². The van der Waals surface area contributed by atoms with Crippen molar-refractivity contribution in [2.24, 2.45) is 0 Å². The highest BCUT2D eigenvalue weighted by molar-refractivity contribution is 6.05. The van der Waals surface area contributed by atoms with Crippen molar-refractivity contribution in [3.8, 4) is 11.5 Å². The van der Waals surface area contributed by atoms with Crippen molar-refractivity contribution < 1.29 is 20.1 Å². The molecule has 0 spiro atoms. The van der Waals surface area contributed by atoms with Gasteiger partial charge in [-0.1, -0.05) is 18.2 Å². The largest absolute Gasteiger partial charge is 0.504 e. The van der Waals surface area contributed by atoms with Gasteiger partial charge in [0.05, 0.1) is 6.10 Å². The first-order chi connectivity index (χ1) is 9.49. The first-order valence-corrected chi connectivity index (χ1v) is 6.09. The van der Waals surface area contributed by atoms with E-state index in [0.717, 1.165) is 0 Å². The quantitative estimate of drug-likeness (QED) is 0.646. The van der Waals surface area contributed by atoms with E-state index >= 15 is 0 Å². The number of aromatic hydroxyl groups is 2. The molecule has 0 fully saturated rings. The average molecular weight is 273 g/mol. The number of phenolic OH excluding ortho intramolecular Hbond substituents is 2. The minimum Gasteiger partial charge on any atom is -0.504 e. The summed E-state index contributed by atoms with van der Waals surface area (Å²) in [5, 5.41) is 30.9. The summed E-state index contributed by atoms with van der Waals surface area (Å²) in [7, 11) is 0. The molecular formula is C15H15NO4. The van der Waals surface area contributed by atoms with Gasteiger partial charge in [0.15, 0.2) is 11.5 Å². The molecule has 0 radical (unpaired) electrons. The number of rotatable bonds is 3. The fourth-order valence-electron chi connectivity index (χ4n) is 1.83. The number of nitrogens with one attached hydrogen (secondary N) is 1. The summed E-state index contributed by atoms with van der Waals surface area (Å²) in [6, 6.07) is 10.7. The number of aliphatic hydroxyl groups is 1. The lowest BCUT2D eigenvalue weighted by atomic mass is 10.1. The molecule has 0 heterocycles. The van der Waals surface area contributed by atoms with Gasteiger partial charge in [-0.15, -0.1) is 0 Å². The van der Waals surface area contributed by atoms with Gasteiger partial charge in [0.1, 0.15) is 0 Å². The Balaban J connectivity index is 2.26. The highest BCUT2D eigenvalue weighted by atomic mass is 16.3. The van der Waals surface area contributed by atoms with Crippen LogP contribution in [0.2, 0.25) is 0 Å². The summed E-state index contributed by atoms with van der Waals surface area (Å²) in [6.07, 6.45) is -0.709. The zero-order valence-electron chi connectivity index (χ0n) is 10.9. The number of phenols is 2. The summed E-state index contributed by atoms with van der Waals surface area (Å²) in [5.74, 6) is -1.08. The number of carbonyl (C=O) groups excluding carboxylic acids is 1. The Labute approximate surface area is 116 Å². The molecule has 1 amide bonds. The van der Waals surface area contributed by atoms with Gasteiger partial charge in [-0.25, -0.2) is 0 Å². The van der Waals surface area contributed by atoms with Crippen LogP contribution >= 0.6 is 0 Å². The van der Waals surface area contributed by atoms with Gasteiger partial charge in [0.2, 0.25) is 0 Å². The van der Waals surface area contributed by atoms with Gasteiger partial charge in [-0.2, -0.15) is 0 Å². The number of hydrogen-bond acceptors (Lipinski definition) is 4. The third-order valence-electron chi connectivity index (χ3n) is 2.90. The summed E-state index contributed by atoms with van der Waals surface area (Å²) in [6.45, 7) is 1.61. The fourth-order valence-corrected chi connectivity index (χ4v) is 1.83. The van der Waals surface area contributed by atoms with Crippen LogP contribution in [0.1, 0.15) is 28.9 Å². The predicted octanol–water partition coefficient (Wildman–Crippen LogP) is 2.40. The smallest absolute Gasteiger partial charge is 0.255 e. The van der Waals surface area contributed by atoms with Crippen molar-refractivity contribution in [3.63, 3.8) is 0 Å². The van der Waals surface area contributed by atoms with Crippen LogP contribution in [0.3, 0.4) is 0 Å². The lowest BCUT2D eigenvalue weighted by molar-refractivity contribution is 0.102. The minimum atomic E-state index is -0.709. The molecule has 5 heteroatoms. The van der Waals surface area contributed by atoms with Crippen molar-refractivity contribution >= 4 is 11.6 Å². The molecule has 0 aliphatic heterocycles. The Hall–Kier alpha value is -2.53. The molecule has 0 aromatic heterocycles. The van der Waals surface area contributed by atoms with E-state index in [1.807, 2.05) is 0 Å². The maximum atomic E-state index is 12.1. The number of aliphatic hydroxyl groups excluding tert-OH is 1. The molecule has 2 aromatic carbocycles. The number of anilines is 1. The van der Waals surface area contributed by atoms with E-state index in [1.165, 1.54) is 18.2 Å². The highest BCUT2D eigenvalue weighted by Gasteiger charge is 2.12. The van der Waals surface area contributed by atoms with Crippen molar-refractivity contribution in [2.45, 2.75) is 13.0 Å². The first kappa shape index (κ1) is 13.9. The van der Waals surface area contributed by atoms with E-state index in [1.54, 1.807) is 31.2 Å². The standard InChI is InChI=1S/C15H15NO4/c1-9(17)11-4-2-3-5-12(11)16-15(20)10-6-7-13(18)14(19)8-10/h2-9,17-19H,1H3,(H,16,20). The Kier molecular flexibility index (Phi) is 3.91. The maximum absolute atomic E-state index is 12.1. The molecule has 0 aliphatic carbocycles. The third-order valence-corrected chi connectivity index (χ3v) is 2.90. The summed E-state index contributed by atoms with van der Waals surface area (Å²) in [4.78, 5) is 12.1. The lowest BCUT2D eigenvalue weighted by Gasteiger charge is -2.13. The van der Waals surface area contributed by atoms with Crippen LogP contribution in [-0.4, -0.2) is 21.2 Å². The molecule has 20 heavy (non-hydrogen) atoms. The van der Waals surface area contributed by atoms with Crippen LogP contribution in [0.5, 0.6) is 11.5 Å². The molecule has 0 aliphatic rings. The zero-order valence-corrected chi connectivity index (χ0v) is 10.9. The fraction of sp³-hybridized carbons (Fsp3) is 0.133. The Morgan fingerprint density at radius 1 is 1.10 bits per heavy atom. The van der Waals surface area contributed by atoms with Crippen LogP contribution in [0.4, 0.5) is 5.69 Å². The summed E-state index contributed by atoms with van der Waals surface area (Å²) in [5.41, 5.74) is 1.31. The number of hydrogen-bond donors (Lipinski definition) is 4. The van der Waals surface area contributed by atoms with Gasteiger partial charge in [0.25, 0.3) is 5.91 Å². The average Bonchev–Trinajstić information content (AvgIpc) is 2.42. The molecule has 0 bridgehead atoms. The Bertz CT molecular complexity index is 638. The summed E-state index contributed by atoms with van der Waals surface area (Å²) < 4.78 is 0. The van der Waals surface area contributed by atoms with Gasteiger partial charge in [0, 0.05) is 16.8 Å². The van der Waals surface area contributed by atoms with E-state index in [4.69, 9.17) is 0 Å². The number of benzene rings is 2. The number of para-hydroxylation sites is 1. The van der Waals surface area contributed by atoms with Crippen molar-refractivity contribution in [1.82, 2.24) is 0 Å². The monoisotopic (exact) mass is 273 g/mol. The van der Waals surface area contributed by atoms with Crippen LogP contribution < -0.4 is 5.32 Å². The molecular weight excluding hydrogens is 258 g/mol. The van der Waals surface area contributed by atoms with Gasteiger partial charge < -0.3 is 20.6 Å². The normalized spacial score (nSPS) is 11.9. The second kappa shape index (κ2) is 5.63. The Morgan fingerprint density at radius 2 is 1.80 bits per heavy atom. The van der Waals surface area contributed by atoms with Crippen LogP contribution in [0.15, 0.2) is 42.5 Å². The highest BCUT2D eigenvalue weighted by Crippen LogP contribution is 2.26. The van der Waals surface area contributed by atoms with E-state index in [-0.39, 0.29) is 17.1 Å². The van der Waals surface area contributed by atoms with E-state index in [2.05, 4.69) is 5.32 Å². The van der Waals surface area contributed by atoms with Crippen LogP contribution in [0.25, 0.3) is 0 Å². The molecule has 2 aromatic rings. The molecule has 104 valence electrons. The SMILES string of the molecule is CC(O)c1ccccc1NC(=O)c1ccc(O)c(O)c1. The maximum Gasteiger partial charge on any atom is 0.255 e.